The van der Waals surface area contributed by atoms with E-state index in [1.54, 1.807) is 0 Å². The normalized spacial score (nSPS) is 47.9. The molecule has 3 spiro atoms. The summed E-state index contributed by atoms with van der Waals surface area (Å²) < 4.78 is 0. The van der Waals surface area contributed by atoms with Gasteiger partial charge in [-0.1, -0.05) is 82.4 Å². The summed E-state index contributed by atoms with van der Waals surface area (Å²) in [5, 5.41) is 66.7. The highest BCUT2D eigenvalue weighted by Gasteiger charge is 2.79. The summed E-state index contributed by atoms with van der Waals surface area (Å²) in [5.41, 5.74) is -1.18. The summed E-state index contributed by atoms with van der Waals surface area (Å²) in [7, 11) is 0. The molecule has 0 aliphatic heterocycles. The molecule has 7 nitrogen and oxygen atoms in total. The van der Waals surface area contributed by atoms with E-state index < -0.39 is 58.1 Å². The third-order valence-corrected chi connectivity index (χ3v) is 20.5. The Balaban J connectivity index is 1.21. The first-order chi connectivity index (χ1) is 28.2. The fraction of sp³-hybridized carbons (Fsp3) is 0.750. The Morgan fingerprint density at radius 2 is 1.71 bits per heavy atom. The van der Waals surface area contributed by atoms with Gasteiger partial charge in [-0.25, -0.2) is 0 Å². The lowest BCUT2D eigenvalue weighted by atomic mass is 9.29. The Morgan fingerprint density at radius 3 is 2.47 bits per heavy atom. The smallest absolute Gasteiger partial charge is 0.159 e. The molecule has 6 fully saturated rings. The highest BCUT2D eigenvalue weighted by Crippen LogP contribution is 2.82. The van der Waals surface area contributed by atoms with E-state index in [1.807, 2.05) is 6.92 Å². The van der Waals surface area contributed by atoms with E-state index in [4.69, 9.17) is 0 Å². The molecule has 11 rings (SSSR count). The van der Waals surface area contributed by atoms with Crippen molar-refractivity contribution in [2.45, 2.75) is 161 Å². The lowest BCUT2D eigenvalue weighted by Crippen LogP contribution is -2.74. The molecule has 15 atom stereocenters. The van der Waals surface area contributed by atoms with E-state index in [2.05, 4.69) is 74.4 Å². The van der Waals surface area contributed by atoms with Gasteiger partial charge in [-0.2, -0.15) is 0 Å². The average molecular weight is 806 g/mol. The highest BCUT2D eigenvalue weighted by atomic mass is 16.3. The molecule has 6 N–H and O–H groups in total. The van der Waals surface area contributed by atoms with Crippen molar-refractivity contribution in [3.8, 4) is 11.8 Å². The van der Waals surface area contributed by atoms with E-state index in [9.17, 15) is 25.5 Å². The summed E-state index contributed by atoms with van der Waals surface area (Å²) in [6, 6.07) is 6.65. The van der Waals surface area contributed by atoms with Crippen LogP contribution in [0.4, 0.5) is 0 Å². The molecule has 1 aromatic carbocycles. The number of carbonyl (C=O) groups excluding carboxylic acids is 1. The van der Waals surface area contributed by atoms with Crippen molar-refractivity contribution in [3.05, 3.63) is 45.8 Å². The van der Waals surface area contributed by atoms with E-state index >= 15 is 4.79 Å². The first-order valence-electron chi connectivity index (χ1n) is 23.8. The fourth-order valence-corrected chi connectivity index (χ4v) is 18.2. The van der Waals surface area contributed by atoms with Gasteiger partial charge < -0.3 is 30.8 Å². The van der Waals surface area contributed by atoms with Crippen molar-refractivity contribution in [3.63, 3.8) is 0 Å². The molecule has 0 amide bonds. The van der Waals surface area contributed by atoms with Gasteiger partial charge >= 0.3 is 0 Å². The maximum atomic E-state index is 16.1. The third-order valence-electron chi connectivity index (χ3n) is 20.5. The number of aliphatic hydroxyl groups excluding tert-OH is 5. The molecule has 6 saturated carbocycles. The average Bonchev–Trinajstić information content (AvgIpc) is 3.68. The number of nitrogens with one attached hydrogen (secondary N) is 1. The third kappa shape index (κ3) is 5.08. The molecule has 0 radical (unpaired) electrons. The maximum absolute atomic E-state index is 16.1. The minimum atomic E-state index is -1.13. The number of benzene rings is 1. The molecule has 0 aromatic heterocycles. The number of carbonyl (C=O) groups is 1. The van der Waals surface area contributed by atoms with Gasteiger partial charge in [0.1, 0.15) is 6.10 Å². The second kappa shape index (κ2) is 13.8. The molecule has 1 aromatic rings. The summed E-state index contributed by atoms with van der Waals surface area (Å²) in [5.74, 6) is 6.34. The lowest BCUT2D eigenvalue weighted by Gasteiger charge is -2.75. The van der Waals surface area contributed by atoms with Crippen LogP contribution in [-0.2, 0) is 11.3 Å². The van der Waals surface area contributed by atoms with Crippen molar-refractivity contribution in [2.75, 3.05) is 13.2 Å². The summed E-state index contributed by atoms with van der Waals surface area (Å²) in [6.45, 7) is 10.3. The van der Waals surface area contributed by atoms with E-state index in [0.717, 1.165) is 96.6 Å². The van der Waals surface area contributed by atoms with Crippen LogP contribution >= 0.6 is 0 Å². The zero-order valence-electron chi connectivity index (χ0n) is 36.2. The van der Waals surface area contributed by atoms with Crippen molar-refractivity contribution >= 4 is 17.9 Å². The van der Waals surface area contributed by atoms with Crippen LogP contribution in [0.2, 0.25) is 0 Å². The number of ketones is 1. The molecule has 4 bridgehead atoms. The zero-order valence-corrected chi connectivity index (χ0v) is 36.2. The number of aliphatic hydroxyl groups is 5. The van der Waals surface area contributed by atoms with Crippen LogP contribution in [0.15, 0.2) is 29.8 Å². The molecule has 15 unspecified atom stereocenters. The van der Waals surface area contributed by atoms with Crippen LogP contribution in [0.5, 0.6) is 0 Å². The van der Waals surface area contributed by atoms with Crippen LogP contribution in [-0.4, -0.2) is 68.9 Å². The summed E-state index contributed by atoms with van der Waals surface area (Å²) in [4.78, 5) is 16.1. The number of allylic oxidation sites excluding steroid dienone is 2. The van der Waals surface area contributed by atoms with Crippen molar-refractivity contribution in [1.29, 1.82) is 0 Å². The van der Waals surface area contributed by atoms with Crippen LogP contribution in [0.1, 0.15) is 136 Å². The molecule has 10 aliphatic rings. The first kappa shape index (κ1) is 40.7. The Labute approximate surface area is 352 Å². The van der Waals surface area contributed by atoms with Gasteiger partial charge in [0, 0.05) is 29.7 Å². The lowest BCUT2D eigenvalue weighted by molar-refractivity contribution is -0.266. The van der Waals surface area contributed by atoms with Gasteiger partial charge in [0.05, 0.1) is 24.9 Å². The minimum absolute atomic E-state index is 0.00161. The second-order valence-corrected chi connectivity index (χ2v) is 22.5. The summed E-state index contributed by atoms with van der Waals surface area (Å²) in [6.07, 6.45) is 17.2. The summed E-state index contributed by atoms with van der Waals surface area (Å²) >= 11 is 0. The quantitative estimate of drug-likeness (QED) is 0.161. The maximum Gasteiger partial charge on any atom is 0.159 e. The van der Waals surface area contributed by atoms with E-state index in [0.29, 0.717) is 19.3 Å². The zero-order chi connectivity index (χ0) is 41.4. The number of rotatable bonds is 6. The Bertz CT molecular complexity index is 2110. The van der Waals surface area contributed by atoms with Crippen LogP contribution in [0, 0.1) is 79.3 Å². The van der Waals surface area contributed by atoms with E-state index in [-0.39, 0.29) is 46.2 Å². The van der Waals surface area contributed by atoms with Crippen molar-refractivity contribution in [2.24, 2.45) is 67.5 Å². The largest absolute Gasteiger partial charge is 0.394 e. The monoisotopic (exact) mass is 806 g/mol. The first-order valence-corrected chi connectivity index (χ1v) is 23.8. The van der Waals surface area contributed by atoms with E-state index in [1.165, 1.54) is 21.6 Å². The topological polar surface area (TPSA) is 130 Å². The number of hydrogen-bond acceptors (Lipinski definition) is 7. The van der Waals surface area contributed by atoms with Crippen LogP contribution in [0.3, 0.4) is 0 Å². The van der Waals surface area contributed by atoms with Gasteiger partial charge in [0.2, 0.25) is 0 Å². The molecular formula is C52H71NO6. The second-order valence-electron chi connectivity index (χ2n) is 22.5. The van der Waals surface area contributed by atoms with Crippen molar-refractivity contribution in [1.82, 2.24) is 5.32 Å². The van der Waals surface area contributed by atoms with Gasteiger partial charge in [-0.3, -0.25) is 4.79 Å². The molecule has 0 saturated heterocycles. The van der Waals surface area contributed by atoms with Gasteiger partial charge in [-0.05, 0) is 163 Å². The predicted octanol–water partition coefficient (Wildman–Crippen LogP) is 5.70. The molecule has 10 aliphatic carbocycles. The standard InChI is InChI=1S/C52H71NO6/c1-5-23-53-29-34-12-10-11-32-24-33-14-20-50-21-15-40-48(4,44(59)30-54)41(56)16-22-51(40,36(33)25-35(32)34)45(50)39(55)26-37-38-27-46(2)17-7-6-13-42(57)52(38,43(58)28-47(37,50)3)49(31-46)18-8-9-19-49/h10-12,24-26,33,36,38,40-45,53-54,56-59H,5,7-9,14-23,27-31H2,1-4H3. The number of hydrogen-bond donors (Lipinski definition) is 6. The van der Waals surface area contributed by atoms with Crippen molar-refractivity contribution < 1.29 is 30.3 Å². The Kier molecular flexibility index (Phi) is 9.56. The Hall–Kier alpha value is -2.31. The highest BCUT2D eigenvalue weighted by molar-refractivity contribution is 5.96. The van der Waals surface area contributed by atoms with Gasteiger partial charge in [0.25, 0.3) is 0 Å². The minimum Gasteiger partial charge on any atom is -0.394 e. The molecular weight excluding hydrogens is 735 g/mol. The van der Waals surface area contributed by atoms with Gasteiger partial charge in [0.15, 0.2) is 5.78 Å². The SMILES string of the molecule is CCCNCc1cccc2c1=CC1C(C=2)CCC23CCC4C(C)(C(O)CO)C(O)CCC14C2C(=O)C=C1C2CC4(C)CCC#CC(O)C2(C(O)CC13C)C1(CCCC1)C4. The molecule has 320 valence electrons. The molecule has 7 heteroatoms. The predicted molar refractivity (Wildman–Crippen MR) is 229 cm³/mol. The van der Waals surface area contributed by atoms with Crippen LogP contribution < -0.4 is 15.8 Å². The van der Waals surface area contributed by atoms with Gasteiger partial charge in [-0.15, -0.1) is 5.92 Å². The Morgan fingerprint density at radius 1 is 0.932 bits per heavy atom. The molecule has 59 heavy (non-hydrogen) atoms. The molecule has 0 heterocycles. The van der Waals surface area contributed by atoms with Crippen LogP contribution in [0.25, 0.3) is 12.2 Å². The number of fused-ring (bicyclic) bond motifs is 6. The fourth-order valence-electron chi connectivity index (χ4n) is 18.2.